The Hall–Kier alpha value is -3.69. The molecular weight excluding hydrogens is 400 g/mol. The topological polar surface area (TPSA) is 78.2 Å². The molecule has 1 aromatic heterocycles. The quantitative estimate of drug-likeness (QED) is 0.649. The summed E-state index contributed by atoms with van der Waals surface area (Å²) in [6, 6.07) is 19.0. The van der Waals surface area contributed by atoms with Gasteiger partial charge in [0, 0.05) is 18.7 Å². The largest absolute Gasteiger partial charge is 0.372 e. The predicted octanol–water partition coefficient (Wildman–Crippen LogP) is 4.79. The van der Waals surface area contributed by atoms with Crippen LogP contribution in [0.5, 0.6) is 0 Å². The van der Waals surface area contributed by atoms with E-state index in [4.69, 9.17) is 10.00 Å². The number of carbonyl (C=O) groups is 1. The molecular formula is C26H26N4O2. The molecule has 0 saturated carbocycles. The zero-order chi connectivity index (χ0) is 22.7. The third-order valence-electron chi connectivity index (χ3n) is 5.65. The van der Waals surface area contributed by atoms with Crippen LogP contribution in [0.2, 0.25) is 0 Å². The first-order valence-corrected chi connectivity index (χ1v) is 10.7. The molecule has 2 aromatic carbocycles. The van der Waals surface area contributed by atoms with Gasteiger partial charge >= 0.3 is 0 Å². The smallest absolute Gasteiger partial charge is 0.255 e. The van der Waals surface area contributed by atoms with E-state index in [1.54, 1.807) is 18.3 Å². The Morgan fingerprint density at radius 2 is 1.81 bits per heavy atom. The van der Waals surface area contributed by atoms with E-state index < -0.39 is 0 Å². The number of nitrogens with zero attached hydrogens (tertiary/aromatic N) is 3. The molecule has 6 nitrogen and oxygen atoms in total. The highest BCUT2D eigenvalue weighted by Crippen LogP contribution is 2.27. The average Bonchev–Trinajstić information content (AvgIpc) is 2.79. The highest BCUT2D eigenvalue weighted by molar-refractivity contribution is 6.06. The minimum absolute atomic E-state index is 0.159. The summed E-state index contributed by atoms with van der Waals surface area (Å²) in [6.45, 7) is 7.65. The molecule has 1 N–H and O–H groups in total. The van der Waals surface area contributed by atoms with Crippen molar-refractivity contribution >= 4 is 17.4 Å². The Bertz CT molecular complexity index is 1140. The van der Waals surface area contributed by atoms with Crippen molar-refractivity contribution in [3.63, 3.8) is 0 Å². The fraction of sp³-hybridized carbons (Fsp3) is 0.269. The summed E-state index contributed by atoms with van der Waals surface area (Å²) in [4.78, 5) is 19.7. The van der Waals surface area contributed by atoms with Gasteiger partial charge in [-0.3, -0.25) is 4.79 Å². The van der Waals surface area contributed by atoms with E-state index in [-0.39, 0.29) is 18.1 Å². The van der Waals surface area contributed by atoms with Crippen molar-refractivity contribution in [2.24, 2.45) is 0 Å². The fourth-order valence-corrected chi connectivity index (χ4v) is 4.13. The van der Waals surface area contributed by atoms with Crippen LogP contribution in [0.1, 0.15) is 35.3 Å². The summed E-state index contributed by atoms with van der Waals surface area (Å²) in [6.07, 6.45) is 2.01. The van der Waals surface area contributed by atoms with Crippen molar-refractivity contribution < 1.29 is 9.53 Å². The normalized spacial score (nSPS) is 18.1. The molecule has 162 valence electrons. The van der Waals surface area contributed by atoms with Gasteiger partial charge in [-0.1, -0.05) is 24.3 Å². The third-order valence-corrected chi connectivity index (χ3v) is 5.65. The van der Waals surface area contributed by atoms with Crippen molar-refractivity contribution in [3.8, 4) is 17.2 Å². The molecule has 6 heteroatoms. The number of hydrogen-bond donors (Lipinski definition) is 1. The van der Waals surface area contributed by atoms with E-state index in [9.17, 15) is 4.79 Å². The highest BCUT2D eigenvalue weighted by Gasteiger charge is 2.23. The molecule has 32 heavy (non-hydrogen) atoms. The molecule has 1 aliphatic heterocycles. The van der Waals surface area contributed by atoms with Crippen molar-refractivity contribution in [2.75, 3.05) is 23.3 Å². The van der Waals surface area contributed by atoms with Gasteiger partial charge in [0.2, 0.25) is 0 Å². The maximum absolute atomic E-state index is 13.0. The maximum Gasteiger partial charge on any atom is 0.255 e. The number of benzene rings is 2. The Morgan fingerprint density at radius 1 is 1.09 bits per heavy atom. The number of nitriles is 1. The van der Waals surface area contributed by atoms with Crippen molar-refractivity contribution in [1.29, 1.82) is 5.26 Å². The molecule has 3 aromatic rings. The van der Waals surface area contributed by atoms with Gasteiger partial charge in [-0.2, -0.15) is 5.26 Å². The van der Waals surface area contributed by atoms with Crippen molar-refractivity contribution in [2.45, 2.75) is 33.0 Å². The summed E-state index contributed by atoms with van der Waals surface area (Å²) in [5.41, 5.74) is 4.68. The first-order valence-electron chi connectivity index (χ1n) is 10.7. The molecule has 4 rings (SSSR count). The molecule has 0 unspecified atom stereocenters. The Morgan fingerprint density at radius 3 is 2.44 bits per heavy atom. The summed E-state index contributed by atoms with van der Waals surface area (Å²) in [5.74, 6) is 0.699. The van der Waals surface area contributed by atoms with Gasteiger partial charge in [-0.15, -0.1) is 0 Å². The second kappa shape index (κ2) is 9.21. The van der Waals surface area contributed by atoms with E-state index in [1.165, 1.54) is 0 Å². The molecule has 1 aliphatic rings. The van der Waals surface area contributed by atoms with Gasteiger partial charge in [0.1, 0.15) is 5.82 Å². The first kappa shape index (κ1) is 21.5. The molecule has 0 aliphatic carbocycles. The highest BCUT2D eigenvalue weighted by atomic mass is 16.5. The van der Waals surface area contributed by atoms with Crippen LogP contribution in [-0.4, -0.2) is 36.2 Å². The van der Waals surface area contributed by atoms with Crippen LogP contribution in [0.4, 0.5) is 11.5 Å². The Kier molecular flexibility index (Phi) is 6.20. The van der Waals surface area contributed by atoms with E-state index in [0.717, 1.165) is 35.6 Å². The lowest BCUT2D eigenvalue weighted by atomic mass is 9.95. The van der Waals surface area contributed by atoms with Gasteiger partial charge in [0.05, 0.1) is 35.7 Å². The molecule has 0 radical (unpaired) electrons. The van der Waals surface area contributed by atoms with Crippen molar-refractivity contribution in [1.82, 2.24) is 4.98 Å². The monoisotopic (exact) mass is 426 g/mol. The zero-order valence-corrected chi connectivity index (χ0v) is 18.5. The van der Waals surface area contributed by atoms with Crippen LogP contribution < -0.4 is 10.2 Å². The number of ether oxygens (including phenoxy) is 1. The molecule has 0 spiro atoms. The Labute approximate surface area is 188 Å². The van der Waals surface area contributed by atoms with Crippen LogP contribution >= 0.6 is 0 Å². The standard InChI is InChI=1S/C26H26N4O2/c1-17-15-30(16-18(2)32-17)25-12-11-22(14-28-25)29-26(31)24-6-4-5-23(19(24)3)21-9-7-20(13-27)8-10-21/h4-12,14,17-18H,15-16H2,1-3H3,(H,29,31)/t17-,18+. The number of carbonyl (C=O) groups excluding carboxylic acids is 1. The van der Waals surface area contributed by atoms with Gasteiger partial charge < -0.3 is 15.0 Å². The number of amides is 1. The van der Waals surface area contributed by atoms with Gasteiger partial charge in [-0.25, -0.2) is 4.98 Å². The van der Waals surface area contributed by atoms with Gasteiger partial charge in [0.15, 0.2) is 0 Å². The van der Waals surface area contributed by atoms with E-state index >= 15 is 0 Å². The number of rotatable bonds is 4. The summed E-state index contributed by atoms with van der Waals surface area (Å²) < 4.78 is 5.79. The minimum Gasteiger partial charge on any atom is -0.372 e. The fourth-order valence-electron chi connectivity index (χ4n) is 4.13. The molecule has 2 atom stereocenters. The average molecular weight is 427 g/mol. The third kappa shape index (κ3) is 4.63. The second-order valence-corrected chi connectivity index (χ2v) is 8.19. The molecule has 1 amide bonds. The lowest BCUT2D eigenvalue weighted by Crippen LogP contribution is -2.45. The van der Waals surface area contributed by atoms with Crippen LogP contribution in [0.25, 0.3) is 11.1 Å². The molecule has 1 saturated heterocycles. The summed E-state index contributed by atoms with van der Waals surface area (Å²) >= 11 is 0. The summed E-state index contributed by atoms with van der Waals surface area (Å²) in [7, 11) is 0. The van der Waals surface area contributed by atoms with E-state index in [1.807, 2.05) is 49.4 Å². The van der Waals surface area contributed by atoms with Crippen LogP contribution in [0, 0.1) is 18.3 Å². The molecule has 2 heterocycles. The molecule has 1 fully saturated rings. The first-order chi connectivity index (χ1) is 15.4. The number of aromatic nitrogens is 1. The molecule has 0 bridgehead atoms. The number of hydrogen-bond acceptors (Lipinski definition) is 5. The summed E-state index contributed by atoms with van der Waals surface area (Å²) in [5, 5.41) is 12.0. The van der Waals surface area contributed by atoms with E-state index in [0.29, 0.717) is 16.8 Å². The number of morpholine rings is 1. The van der Waals surface area contributed by atoms with Crippen LogP contribution in [0.15, 0.2) is 60.8 Å². The lowest BCUT2D eigenvalue weighted by Gasteiger charge is -2.36. The zero-order valence-electron chi connectivity index (χ0n) is 18.5. The van der Waals surface area contributed by atoms with Crippen molar-refractivity contribution in [3.05, 3.63) is 77.5 Å². The lowest BCUT2D eigenvalue weighted by molar-refractivity contribution is -0.00545. The number of anilines is 2. The predicted molar refractivity (Wildman–Crippen MR) is 126 cm³/mol. The van der Waals surface area contributed by atoms with Gasteiger partial charge in [-0.05, 0) is 67.8 Å². The van der Waals surface area contributed by atoms with Crippen LogP contribution in [0.3, 0.4) is 0 Å². The minimum atomic E-state index is -0.179. The van der Waals surface area contributed by atoms with Gasteiger partial charge in [0.25, 0.3) is 5.91 Å². The maximum atomic E-state index is 13.0. The second-order valence-electron chi connectivity index (χ2n) is 8.19. The van der Waals surface area contributed by atoms with E-state index in [2.05, 4.69) is 35.1 Å². The number of pyridine rings is 1. The number of nitrogens with one attached hydrogen (secondary N) is 1. The SMILES string of the molecule is Cc1c(C(=O)Nc2ccc(N3C[C@@H](C)O[C@@H](C)C3)nc2)cccc1-c1ccc(C#N)cc1. The van der Waals surface area contributed by atoms with Crippen LogP contribution in [-0.2, 0) is 4.74 Å². The Balaban J connectivity index is 1.50.